The predicted octanol–water partition coefficient (Wildman–Crippen LogP) is 4.12. The number of nitrogens with zero attached hydrogens (tertiary/aromatic N) is 1. The van der Waals surface area contributed by atoms with Gasteiger partial charge in [-0.05, 0) is 42.7 Å². The van der Waals surface area contributed by atoms with Gasteiger partial charge in [-0.1, -0.05) is 50.3 Å². The summed E-state index contributed by atoms with van der Waals surface area (Å²) in [6.07, 6.45) is 6.61. The Labute approximate surface area is 160 Å². The lowest BCUT2D eigenvalue weighted by Gasteiger charge is -2.07. The van der Waals surface area contributed by atoms with Gasteiger partial charge in [-0.15, -0.1) is 0 Å². The van der Waals surface area contributed by atoms with E-state index in [9.17, 15) is 4.79 Å². The summed E-state index contributed by atoms with van der Waals surface area (Å²) in [5.41, 5.74) is 4.49. The van der Waals surface area contributed by atoms with Crippen molar-refractivity contribution in [1.29, 1.82) is 0 Å². The normalized spacial score (nSPS) is 10.6. The molecule has 0 saturated heterocycles. The lowest BCUT2D eigenvalue weighted by molar-refractivity contribution is -0.123. The second kappa shape index (κ2) is 11.5. The van der Waals surface area contributed by atoms with Gasteiger partial charge < -0.3 is 9.47 Å². The summed E-state index contributed by atoms with van der Waals surface area (Å²) in [6.45, 7) is 6.10. The molecule has 5 nitrogen and oxygen atoms in total. The van der Waals surface area contributed by atoms with Crippen molar-refractivity contribution < 1.29 is 14.3 Å². The van der Waals surface area contributed by atoms with E-state index in [1.165, 1.54) is 18.4 Å². The van der Waals surface area contributed by atoms with Crippen LogP contribution in [0.1, 0.15) is 30.9 Å². The van der Waals surface area contributed by atoms with Gasteiger partial charge in [0, 0.05) is 5.56 Å². The maximum Gasteiger partial charge on any atom is 0.277 e. The van der Waals surface area contributed by atoms with Crippen LogP contribution in [0, 0.1) is 0 Å². The fraction of sp³-hybridized carbons (Fsp3) is 0.273. The van der Waals surface area contributed by atoms with E-state index in [4.69, 9.17) is 9.47 Å². The summed E-state index contributed by atoms with van der Waals surface area (Å²) in [4.78, 5) is 11.9. The van der Waals surface area contributed by atoms with E-state index in [0.29, 0.717) is 18.1 Å². The van der Waals surface area contributed by atoms with Gasteiger partial charge in [0.15, 0.2) is 6.61 Å². The minimum atomic E-state index is -0.328. The molecule has 0 aliphatic rings. The topological polar surface area (TPSA) is 59.9 Å². The predicted molar refractivity (Wildman–Crippen MR) is 108 cm³/mol. The third kappa shape index (κ3) is 7.36. The van der Waals surface area contributed by atoms with Crippen LogP contribution in [0.4, 0.5) is 0 Å². The van der Waals surface area contributed by atoms with Gasteiger partial charge in [0.1, 0.15) is 18.1 Å². The van der Waals surface area contributed by atoms with Crippen LogP contribution in [0.5, 0.6) is 11.5 Å². The lowest BCUT2D eigenvalue weighted by atomic mass is 10.1. The van der Waals surface area contributed by atoms with Crippen molar-refractivity contribution in [2.45, 2.75) is 26.2 Å². The fourth-order valence-corrected chi connectivity index (χ4v) is 2.36. The minimum absolute atomic E-state index is 0.0970. The number of rotatable bonds is 11. The largest absolute Gasteiger partial charge is 0.489 e. The highest BCUT2D eigenvalue weighted by atomic mass is 16.5. The first kappa shape index (κ1) is 20.2. The molecule has 2 aromatic carbocycles. The summed E-state index contributed by atoms with van der Waals surface area (Å²) >= 11 is 0. The molecule has 27 heavy (non-hydrogen) atoms. The van der Waals surface area contributed by atoms with E-state index in [1.54, 1.807) is 12.3 Å². The standard InChI is InChI=1S/C22H26N2O3/c1-3-5-8-18-11-13-20(14-12-18)27-17-22(25)24-23-16-19-9-6-7-10-21(19)26-15-4-2/h4,6-7,9-14,16H,2-3,5,8,15,17H2,1H3,(H,24,25). The van der Waals surface area contributed by atoms with Crippen LogP contribution in [0.3, 0.4) is 0 Å². The van der Waals surface area contributed by atoms with E-state index in [1.807, 2.05) is 48.5 Å². The SMILES string of the molecule is C=CCOc1ccccc1C=NNC(=O)COc1ccc(CCCC)cc1. The van der Waals surface area contributed by atoms with Gasteiger partial charge in [0.2, 0.25) is 0 Å². The summed E-state index contributed by atoms with van der Waals surface area (Å²) in [7, 11) is 0. The summed E-state index contributed by atoms with van der Waals surface area (Å²) < 4.78 is 11.0. The molecule has 0 saturated carbocycles. The number of hydrazone groups is 1. The zero-order chi connectivity index (χ0) is 19.3. The summed E-state index contributed by atoms with van der Waals surface area (Å²) in [5.74, 6) is 1.01. The molecular formula is C22H26N2O3. The first-order valence-electron chi connectivity index (χ1n) is 9.09. The van der Waals surface area contributed by atoms with Crippen LogP contribution in [-0.4, -0.2) is 25.3 Å². The number of ether oxygens (including phenoxy) is 2. The first-order valence-corrected chi connectivity index (χ1v) is 9.09. The number of nitrogens with one attached hydrogen (secondary N) is 1. The molecule has 0 aromatic heterocycles. The molecule has 0 unspecified atom stereocenters. The molecule has 0 aliphatic carbocycles. The summed E-state index contributed by atoms with van der Waals surface area (Å²) in [6, 6.07) is 15.3. The van der Waals surface area contributed by atoms with Crippen molar-refractivity contribution in [3.8, 4) is 11.5 Å². The highest BCUT2D eigenvalue weighted by Crippen LogP contribution is 2.16. The lowest BCUT2D eigenvalue weighted by Crippen LogP contribution is -2.24. The van der Waals surface area contributed by atoms with Crippen molar-refractivity contribution in [2.75, 3.05) is 13.2 Å². The molecule has 0 bridgehead atoms. The molecule has 142 valence electrons. The average molecular weight is 366 g/mol. The third-order valence-corrected chi connectivity index (χ3v) is 3.78. The van der Waals surface area contributed by atoms with Crippen LogP contribution < -0.4 is 14.9 Å². The highest BCUT2D eigenvalue weighted by Gasteiger charge is 2.03. The zero-order valence-corrected chi connectivity index (χ0v) is 15.7. The Morgan fingerprint density at radius 3 is 2.67 bits per heavy atom. The highest BCUT2D eigenvalue weighted by molar-refractivity contribution is 5.85. The second-order valence-corrected chi connectivity index (χ2v) is 5.97. The fourth-order valence-electron chi connectivity index (χ4n) is 2.36. The van der Waals surface area contributed by atoms with Crippen LogP contribution in [0.2, 0.25) is 0 Å². The van der Waals surface area contributed by atoms with E-state index in [2.05, 4.69) is 24.0 Å². The van der Waals surface area contributed by atoms with Crippen LogP contribution in [0.25, 0.3) is 0 Å². The smallest absolute Gasteiger partial charge is 0.277 e. The van der Waals surface area contributed by atoms with E-state index in [-0.39, 0.29) is 12.5 Å². The number of aryl methyl sites for hydroxylation is 1. The molecule has 1 amide bonds. The molecule has 0 fully saturated rings. The Kier molecular flexibility index (Phi) is 8.63. The van der Waals surface area contributed by atoms with E-state index in [0.717, 1.165) is 12.0 Å². The van der Waals surface area contributed by atoms with Crippen molar-refractivity contribution >= 4 is 12.1 Å². The van der Waals surface area contributed by atoms with Crippen molar-refractivity contribution in [3.63, 3.8) is 0 Å². The Morgan fingerprint density at radius 1 is 1.15 bits per heavy atom. The van der Waals surface area contributed by atoms with Gasteiger partial charge >= 0.3 is 0 Å². The number of carbonyl (C=O) groups is 1. The molecule has 1 N–H and O–H groups in total. The molecule has 2 rings (SSSR count). The Balaban J connectivity index is 1.79. The summed E-state index contributed by atoms with van der Waals surface area (Å²) in [5, 5.41) is 3.96. The number of amides is 1. The van der Waals surface area contributed by atoms with Crippen LogP contribution in [-0.2, 0) is 11.2 Å². The molecule has 0 spiro atoms. The number of hydrogen-bond acceptors (Lipinski definition) is 4. The Hall–Kier alpha value is -3.08. The molecule has 2 aromatic rings. The molecule has 0 heterocycles. The van der Waals surface area contributed by atoms with Crippen molar-refractivity contribution in [2.24, 2.45) is 5.10 Å². The maximum atomic E-state index is 11.9. The molecule has 0 aliphatic heterocycles. The maximum absolute atomic E-state index is 11.9. The van der Waals surface area contributed by atoms with E-state index < -0.39 is 0 Å². The molecule has 5 heteroatoms. The number of hydrogen-bond donors (Lipinski definition) is 1. The van der Waals surface area contributed by atoms with Gasteiger partial charge in [0.25, 0.3) is 5.91 Å². The monoisotopic (exact) mass is 366 g/mol. The molecule has 0 atom stereocenters. The van der Waals surface area contributed by atoms with Crippen molar-refractivity contribution in [1.82, 2.24) is 5.43 Å². The quantitative estimate of drug-likeness (QED) is 0.370. The number of para-hydroxylation sites is 1. The number of carbonyl (C=O) groups excluding carboxylic acids is 1. The Bertz CT molecular complexity index is 754. The Morgan fingerprint density at radius 2 is 1.93 bits per heavy atom. The zero-order valence-electron chi connectivity index (χ0n) is 15.7. The van der Waals surface area contributed by atoms with Crippen LogP contribution in [0.15, 0.2) is 66.3 Å². The third-order valence-electron chi connectivity index (χ3n) is 3.78. The minimum Gasteiger partial charge on any atom is -0.489 e. The average Bonchev–Trinajstić information content (AvgIpc) is 2.70. The molecule has 0 radical (unpaired) electrons. The van der Waals surface area contributed by atoms with Gasteiger partial charge in [-0.25, -0.2) is 5.43 Å². The van der Waals surface area contributed by atoms with Gasteiger partial charge in [0.05, 0.1) is 6.21 Å². The van der Waals surface area contributed by atoms with Gasteiger partial charge in [-0.3, -0.25) is 4.79 Å². The van der Waals surface area contributed by atoms with E-state index >= 15 is 0 Å². The first-order chi connectivity index (χ1) is 13.2. The van der Waals surface area contributed by atoms with Gasteiger partial charge in [-0.2, -0.15) is 5.10 Å². The van der Waals surface area contributed by atoms with Crippen LogP contribution >= 0.6 is 0 Å². The number of unbranched alkanes of at least 4 members (excludes halogenated alkanes) is 1. The van der Waals surface area contributed by atoms with Crippen molar-refractivity contribution in [3.05, 3.63) is 72.3 Å². The number of benzene rings is 2. The molecular weight excluding hydrogens is 340 g/mol. The second-order valence-electron chi connectivity index (χ2n) is 5.97.